The van der Waals surface area contributed by atoms with Gasteiger partial charge in [-0.05, 0) is 18.4 Å². The number of thioether (sulfide) groups is 1. The molecule has 0 saturated heterocycles. The maximum atomic E-state index is 5.25. The van der Waals surface area contributed by atoms with Crippen molar-refractivity contribution in [2.45, 2.75) is 12.1 Å². The molecule has 0 saturated carbocycles. The lowest BCUT2D eigenvalue weighted by Crippen LogP contribution is -1.96. The van der Waals surface area contributed by atoms with Gasteiger partial charge in [-0.15, -0.1) is 16.4 Å². The first-order valence-electron chi connectivity index (χ1n) is 5.07. The summed E-state index contributed by atoms with van der Waals surface area (Å²) in [5.74, 6) is 1.73. The van der Waals surface area contributed by atoms with Gasteiger partial charge in [0.2, 0.25) is 5.16 Å². The van der Waals surface area contributed by atoms with Crippen LogP contribution in [-0.4, -0.2) is 34.1 Å². The van der Waals surface area contributed by atoms with Crippen LogP contribution in [0.1, 0.15) is 6.92 Å². The summed E-state index contributed by atoms with van der Waals surface area (Å²) in [5.41, 5.74) is 0. The minimum Gasteiger partial charge on any atom is -0.381 e. The second kappa shape index (κ2) is 6.03. The van der Waals surface area contributed by atoms with Crippen LogP contribution in [0.25, 0.3) is 10.7 Å². The van der Waals surface area contributed by atoms with Crippen LogP contribution in [0, 0.1) is 0 Å². The SMILES string of the molecule is CCOCCSc1n[nH]c(-c2cccs2)n1. The first-order chi connectivity index (χ1) is 7.90. The summed E-state index contributed by atoms with van der Waals surface area (Å²) in [4.78, 5) is 5.52. The van der Waals surface area contributed by atoms with Crippen LogP contribution in [0.2, 0.25) is 0 Å². The zero-order valence-corrected chi connectivity index (χ0v) is 10.6. The molecule has 0 spiro atoms. The highest BCUT2D eigenvalue weighted by molar-refractivity contribution is 7.99. The molecule has 0 aliphatic heterocycles. The van der Waals surface area contributed by atoms with E-state index in [-0.39, 0.29) is 0 Å². The maximum absolute atomic E-state index is 5.25. The zero-order valence-electron chi connectivity index (χ0n) is 8.97. The third-order valence-electron chi connectivity index (χ3n) is 1.88. The van der Waals surface area contributed by atoms with E-state index in [4.69, 9.17) is 4.74 Å². The molecule has 0 atom stereocenters. The summed E-state index contributed by atoms with van der Waals surface area (Å²) in [5, 5.41) is 9.89. The van der Waals surface area contributed by atoms with Crippen LogP contribution in [0.15, 0.2) is 22.7 Å². The Morgan fingerprint density at radius 3 is 3.25 bits per heavy atom. The molecule has 0 aliphatic rings. The van der Waals surface area contributed by atoms with E-state index in [9.17, 15) is 0 Å². The monoisotopic (exact) mass is 255 g/mol. The van der Waals surface area contributed by atoms with Crippen molar-refractivity contribution >= 4 is 23.1 Å². The Hall–Kier alpha value is -0.850. The molecule has 86 valence electrons. The Balaban J connectivity index is 1.88. The van der Waals surface area contributed by atoms with E-state index in [1.54, 1.807) is 23.1 Å². The summed E-state index contributed by atoms with van der Waals surface area (Å²) in [6, 6.07) is 4.03. The summed E-state index contributed by atoms with van der Waals surface area (Å²) in [6.07, 6.45) is 0. The number of H-pyrrole nitrogens is 1. The lowest BCUT2D eigenvalue weighted by atomic mass is 10.4. The number of aromatic nitrogens is 3. The van der Waals surface area contributed by atoms with Crippen molar-refractivity contribution in [3.8, 4) is 10.7 Å². The molecule has 0 amide bonds. The first-order valence-corrected chi connectivity index (χ1v) is 6.93. The Kier molecular flexibility index (Phi) is 4.38. The number of hydrogen-bond acceptors (Lipinski definition) is 5. The van der Waals surface area contributed by atoms with Crippen LogP contribution in [0.3, 0.4) is 0 Å². The molecule has 6 heteroatoms. The number of thiophene rings is 1. The molecule has 4 nitrogen and oxygen atoms in total. The van der Waals surface area contributed by atoms with Gasteiger partial charge in [-0.1, -0.05) is 17.8 Å². The van der Waals surface area contributed by atoms with Crippen LogP contribution < -0.4 is 0 Å². The Bertz CT molecular complexity index is 413. The maximum Gasteiger partial charge on any atom is 0.208 e. The third kappa shape index (κ3) is 3.07. The molecule has 0 radical (unpaired) electrons. The van der Waals surface area contributed by atoms with E-state index < -0.39 is 0 Å². The second-order valence-corrected chi connectivity index (χ2v) is 5.00. The molecular formula is C10H13N3OS2. The molecule has 2 aromatic heterocycles. The van der Waals surface area contributed by atoms with Crippen LogP contribution in [-0.2, 0) is 4.74 Å². The fourth-order valence-electron chi connectivity index (χ4n) is 1.17. The van der Waals surface area contributed by atoms with Crippen LogP contribution in [0.4, 0.5) is 0 Å². The quantitative estimate of drug-likeness (QED) is 0.637. The van der Waals surface area contributed by atoms with E-state index in [2.05, 4.69) is 15.2 Å². The Morgan fingerprint density at radius 2 is 2.50 bits per heavy atom. The summed E-state index contributed by atoms with van der Waals surface area (Å²) >= 11 is 3.26. The molecule has 0 bridgehead atoms. The number of rotatable bonds is 6. The topological polar surface area (TPSA) is 50.8 Å². The minimum absolute atomic E-state index is 0.740. The standard InChI is InChI=1S/C10H13N3OS2/c1-2-14-5-7-16-10-11-9(12-13-10)8-4-3-6-15-8/h3-4,6H,2,5,7H2,1H3,(H,11,12,13). The number of nitrogens with one attached hydrogen (secondary N) is 1. The van der Waals surface area contributed by atoms with E-state index in [0.717, 1.165) is 34.8 Å². The van der Waals surface area contributed by atoms with Gasteiger partial charge in [0, 0.05) is 12.4 Å². The highest BCUT2D eigenvalue weighted by Crippen LogP contribution is 2.22. The highest BCUT2D eigenvalue weighted by atomic mass is 32.2. The normalized spacial score (nSPS) is 10.8. The average Bonchev–Trinajstić information content (AvgIpc) is 2.94. The van der Waals surface area contributed by atoms with Gasteiger partial charge in [-0.3, -0.25) is 5.10 Å². The van der Waals surface area contributed by atoms with E-state index in [0.29, 0.717) is 0 Å². The summed E-state index contributed by atoms with van der Waals surface area (Å²) in [6.45, 7) is 3.49. The number of hydrogen-bond donors (Lipinski definition) is 1. The molecule has 1 N–H and O–H groups in total. The fourth-order valence-corrected chi connectivity index (χ4v) is 2.48. The highest BCUT2D eigenvalue weighted by Gasteiger charge is 2.06. The van der Waals surface area contributed by atoms with Gasteiger partial charge >= 0.3 is 0 Å². The first kappa shape index (κ1) is 11.6. The zero-order chi connectivity index (χ0) is 11.2. The molecule has 0 unspecified atom stereocenters. The molecule has 16 heavy (non-hydrogen) atoms. The van der Waals surface area contributed by atoms with E-state index >= 15 is 0 Å². The molecule has 2 aromatic rings. The largest absolute Gasteiger partial charge is 0.381 e. The molecule has 0 aliphatic carbocycles. The van der Waals surface area contributed by atoms with Crippen LogP contribution >= 0.6 is 23.1 Å². The van der Waals surface area contributed by atoms with Gasteiger partial charge in [-0.2, -0.15) is 0 Å². The average molecular weight is 255 g/mol. The van der Waals surface area contributed by atoms with Crippen molar-refractivity contribution in [3.05, 3.63) is 17.5 Å². The predicted molar refractivity (Wildman–Crippen MR) is 66.9 cm³/mol. The lowest BCUT2D eigenvalue weighted by Gasteiger charge is -1.96. The van der Waals surface area contributed by atoms with Gasteiger partial charge in [0.15, 0.2) is 5.82 Å². The summed E-state index contributed by atoms with van der Waals surface area (Å²) < 4.78 is 5.25. The number of nitrogens with zero attached hydrogens (tertiary/aromatic N) is 2. The Labute approximate surface area is 102 Å². The van der Waals surface area contributed by atoms with Crippen molar-refractivity contribution in [1.29, 1.82) is 0 Å². The lowest BCUT2D eigenvalue weighted by molar-refractivity contribution is 0.164. The van der Waals surface area contributed by atoms with Crippen molar-refractivity contribution in [2.24, 2.45) is 0 Å². The molecule has 0 aromatic carbocycles. The number of ether oxygens (including phenoxy) is 1. The van der Waals surface area contributed by atoms with Crippen molar-refractivity contribution in [2.75, 3.05) is 19.0 Å². The number of aromatic amines is 1. The molecular weight excluding hydrogens is 242 g/mol. The second-order valence-electron chi connectivity index (χ2n) is 2.99. The molecule has 2 heterocycles. The van der Waals surface area contributed by atoms with E-state index in [1.807, 2.05) is 24.4 Å². The molecule has 2 rings (SSSR count). The fraction of sp³-hybridized carbons (Fsp3) is 0.400. The van der Waals surface area contributed by atoms with Crippen molar-refractivity contribution in [3.63, 3.8) is 0 Å². The molecule has 0 fully saturated rings. The van der Waals surface area contributed by atoms with Gasteiger partial charge in [0.1, 0.15) is 0 Å². The van der Waals surface area contributed by atoms with Gasteiger partial charge in [0.05, 0.1) is 11.5 Å². The van der Waals surface area contributed by atoms with Gasteiger partial charge < -0.3 is 4.74 Å². The predicted octanol–water partition coefficient (Wildman–Crippen LogP) is 2.66. The van der Waals surface area contributed by atoms with Crippen LogP contribution in [0.5, 0.6) is 0 Å². The van der Waals surface area contributed by atoms with Crippen molar-refractivity contribution < 1.29 is 4.74 Å². The van der Waals surface area contributed by atoms with Gasteiger partial charge in [0.25, 0.3) is 0 Å². The van der Waals surface area contributed by atoms with E-state index in [1.165, 1.54) is 0 Å². The van der Waals surface area contributed by atoms with Gasteiger partial charge in [-0.25, -0.2) is 4.98 Å². The Morgan fingerprint density at radius 1 is 1.56 bits per heavy atom. The summed E-state index contributed by atoms with van der Waals surface area (Å²) in [7, 11) is 0. The smallest absolute Gasteiger partial charge is 0.208 e. The third-order valence-corrected chi connectivity index (χ3v) is 3.57. The van der Waals surface area contributed by atoms with Crippen molar-refractivity contribution in [1.82, 2.24) is 15.2 Å². The minimum atomic E-state index is 0.740.